The van der Waals surface area contributed by atoms with Crippen molar-refractivity contribution in [1.82, 2.24) is 14.9 Å². The fraction of sp³-hybridized carbons (Fsp3) is 0.769. The van der Waals surface area contributed by atoms with Gasteiger partial charge in [0.25, 0.3) is 0 Å². The minimum absolute atomic E-state index is 0.774. The average molecular weight is 219 g/mol. The van der Waals surface area contributed by atoms with Crippen LogP contribution >= 0.6 is 0 Å². The molecule has 16 heavy (non-hydrogen) atoms. The van der Waals surface area contributed by atoms with Crippen molar-refractivity contribution in [3.8, 4) is 0 Å². The maximum atomic E-state index is 4.84. The summed E-state index contributed by atoms with van der Waals surface area (Å²) in [6, 6.07) is 0.774. The van der Waals surface area contributed by atoms with E-state index in [0.29, 0.717) is 0 Å². The minimum atomic E-state index is 0.774. The smallest absolute Gasteiger partial charge is 0.109 e. The number of aryl methyl sites for hydroxylation is 1. The molecule has 1 fully saturated rings. The third kappa shape index (κ3) is 1.58. The van der Waals surface area contributed by atoms with Crippen molar-refractivity contribution in [2.45, 2.75) is 58.0 Å². The maximum Gasteiger partial charge on any atom is 0.109 e. The molecule has 2 heterocycles. The highest BCUT2D eigenvalue weighted by molar-refractivity contribution is 5.22. The van der Waals surface area contributed by atoms with Crippen molar-refractivity contribution < 1.29 is 0 Å². The van der Waals surface area contributed by atoms with Crippen LogP contribution in [0.2, 0.25) is 0 Å². The van der Waals surface area contributed by atoms with Gasteiger partial charge in [0.1, 0.15) is 5.82 Å². The van der Waals surface area contributed by atoms with Gasteiger partial charge in [-0.05, 0) is 25.7 Å². The fourth-order valence-corrected chi connectivity index (χ4v) is 2.86. The van der Waals surface area contributed by atoms with Crippen molar-refractivity contribution >= 4 is 0 Å². The van der Waals surface area contributed by atoms with Crippen LogP contribution in [-0.2, 0) is 19.4 Å². The first-order chi connectivity index (χ1) is 7.90. The largest absolute Gasteiger partial charge is 0.329 e. The van der Waals surface area contributed by atoms with Gasteiger partial charge >= 0.3 is 0 Å². The molecule has 2 aliphatic rings. The first-order valence-electron chi connectivity index (χ1n) is 6.69. The van der Waals surface area contributed by atoms with Crippen LogP contribution in [-0.4, -0.2) is 16.1 Å². The summed E-state index contributed by atoms with van der Waals surface area (Å²) in [6.45, 7) is 4.35. The van der Waals surface area contributed by atoms with Crippen molar-refractivity contribution in [2.75, 3.05) is 6.54 Å². The van der Waals surface area contributed by atoms with Crippen LogP contribution in [0.1, 0.15) is 55.9 Å². The monoisotopic (exact) mass is 219 g/mol. The third-order valence-corrected chi connectivity index (χ3v) is 3.91. The molecule has 0 aromatic carbocycles. The number of hydrogen-bond acceptors (Lipinski definition) is 2. The lowest BCUT2D eigenvalue weighted by Crippen LogP contribution is -2.27. The van der Waals surface area contributed by atoms with Crippen LogP contribution in [0, 0.1) is 0 Å². The van der Waals surface area contributed by atoms with E-state index in [1.165, 1.54) is 49.3 Å². The van der Waals surface area contributed by atoms with Crippen molar-refractivity contribution in [3.05, 3.63) is 17.2 Å². The van der Waals surface area contributed by atoms with E-state index < -0.39 is 0 Å². The third-order valence-electron chi connectivity index (χ3n) is 3.91. The van der Waals surface area contributed by atoms with Gasteiger partial charge in [-0.3, -0.25) is 0 Å². The van der Waals surface area contributed by atoms with Gasteiger partial charge in [-0.25, -0.2) is 4.98 Å². The molecule has 1 saturated carbocycles. The second-order valence-electron chi connectivity index (χ2n) is 5.05. The van der Waals surface area contributed by atoms with E-state index >= 15 is 0 Å². The Morgan fingerprint density at radius 3 is 3.00 bits per heavy atom. The van der Waals surface area contributed by atoms with E-state index in [0.717, 1.165) is 25.6 Å². The summed E-state index contributed by atoms with van der Waals surface area (Å²) in [4.78, 5) is 4.84. The highest BCUT2D eigenvalue weighted by Gasteiger charge is 2.27. The molecule has 0 radical (unpaired) electrons. The molecule has 3 nitrogen and oxygen atoms in total. The molecule has 88 valence electrons. The molecule has 0 saturated heterocycles. The molecular formula is C13H21N3. The number of nitrogens with one attached hydrogen (secondary N) is 1. The van der Waals surface area contributed by atoms with Gasteiger partial charge < -0.3 is 9.88 Å². The zero-order chi connectivity index (χ0) is 11.0. The molecule has 3 rings (SSSR count). The van der Waals surface area contributed by atoms with Crippen LogP contribution < -0.4 is 5.32 Å². The molecule has 0 spiro atoms. The quantitative estimate of drug-likeness (QED) is 0.844. The molecule has 3 heteroatoms. The van der Waals surface area contributed by atoms with Crippen molar-refractivity contribution in [1.29, 1.82) is 0 Å². The molecular weight excluding hydrogens is 198 g/mol. The standard InChI is InChI=1S/C13H21N3/c1-2-4-13-15-11-9-14-8-7-12(11)16(13)10-5-3-6-10/h10,14H,2-9H2,1H3. The summed E-state index contributed by atoms with van der Waals surface area (Å²) < 4.78 is 2.59. The molecule has 1 aliphatic heterocycles. The normalized spacial score (nSPS) is 20.6. The van der Waals surface area contributed by atoms with Gasteiger partial charge in [0.2, 0.25) is 0 Å². The van der Waals surface area contributed by atoms with E-state index in [1.54, 1.807) is 0 Å². The second kappa shape index (κ2) is 4.21. The highest BCUT2D eigenvalue weighted by atomic mass is 15.1. The van der Waals surface area contributed by atoms with Crippen molar-refractivity contribution in [3.63, 3.8) is 0 Å². The Hall–Kier alpha value is -0.830. The minimum Gasteiger partial charge on any atom is -0.329 e. The van der Waals surface area contributed by atoms with Crippen molar-refractivity contribution in [2.24, 2.45) is 0 Å². The number of rotatable bonds is 3. The van der Waals surface area contributed by atoms with E-state index in [-0.39, 0.29) is 0 Å². The Morgan fingerprint density at radius 2 is 2.31 bits per heavy atom. The second-order valence-corrected chi connectivity index (χ2v) is 5.05. The lowest BCUT2D eigenvalue weighted by atomic mass is 9.92. The Labute approximate surface area is 97.3 Å². The number of hydrogen-bond donors (Lipinski definition) is 1. The van der Waals surface area contributed by atoms with E-state index in [2.05, 4.69) is 16.8 Å². The number of fused-ring (bicyclic) bond motifs is 1. The lowest BCUT2D eigenvalue weighted by Gasteiger charge is -2.31. The maximum absolute atomic E-state index is 4.84. The first-order valence-corrected chi connectivity index (χ1v) is 6.69. The molecule has 1 aromatic heterocycles. The van der Waals surface area contributed by atoms with Crippen LogP contribution in [0.5, 0.6) is 0 Å². The molecule has 1 aromatic rings. The molecule has 0 unspecified atom stereocenters. The Bertz CT molecular complexity index is 377. The Morgan fingerprint density at radius 1 is 1.44 bits per heavy atom. The molecule has 0 atom stereocenters. The zero-order valence-corrected chi connectivity index (χ0v) is 10.1. The van der Waals surface area contributed by atoms with Gasteiger partial charge in [-0.1, -0.05) is 6.92 Å². The van der Waals surface area contributed by atoms with Gasteiger partial charge in [0.05, 0.1) is 5.69 Å². The van der Waals surface area contributed by atoms with E-state index in [1.807, 2.05) is 0 Å². The number of aromatic nitrogens is 2. The lowest BCUT2D eigenvalue weighted by molar-refractivity contribution is 0.298. The van der Waals surface area contributed by atoms with Crippen LogP contribution in [0.15, 0.2) is 0 Å². The zero-order valence-electron chi connectivity index (χ0n) is 10.1. The number of imidazole rings is 1. The van der Waals surface area contributed by atoms with E-state index in [9.17, 15) is 0 Å². The summed E-state index contributed by atoms with van der Waals surface area (Å²) in [5, 5.41) is 3.42. The van der Waals surface area contributed by atoms with Gasteiger partial charge in [-0.2, -0.15) is 0 Å². The highest BCUT2D eigenvalue weighted by Crippen LogP contribution is 2.35. The molecule has 1 N–H and O–H groups in total. The van der Waals surface area contributed by atoms with Crippen LogP contribution in [0.4, 0.5) is 0 Å². The molecule has 1 aliphatic carbocycles. The topological polar surface area (TPSA) is 29.9 Å². The fourth-order valence-electron chi connectivity index (χ4n) is 2.86. The summed E-state index contributed by atoms with van der Waals surface area (Å²) in [5.74, 6) is 1.35. The number of nitrogens with zero attached hydrogens (tertiary/aromatic N) is 2. The Kier molecular flexibility index (Phi) is 2.72. The molecule has 0 amide bonds. The summed E-state index contributed by atoms with van der Waals surface area (Å²) in [7, 11) is 0. The molecule has 0 bridgehead atoms. The first kappa shape index (κ1) is 10.3. The summed E-state index contributed by atoms with van der Waals surface area (Å²) >= 11 is 0. The SMILES string of the molecule is CCCc1nc2c(n1C1CCC1)CCNC2. The van der Waals surface area contributed by atoms with Gasteiger partial charge in [-0.15, -0.1) is 0 Å². The van der Waals surface area contributed by atoms with Gasteiger partial charge in [0, 0.05) is 37.7 Å². The summed E-state index contributed by atoms with van der Waals surface area (Å²) in [5.41, 5.74) is 2.86. The predicted octanol–water partition coefficient (Wildman–Crippen LogP) is 2.21. The van der Waals surface area contributed by atoms with E-state index in [4.69, 9.17) is 4.98 Å². The van der Waals surface area contributed by atoms with Gasteiger partial charge in [0.15, 0.2) is 0 Å². The average Bonchev–Trinajstić information content (AvgIpc) is 2.56. The van der Waals surface area contributed by atoms with Crippen LogP contribution in [0.25, 0.3) is 0 Å². The van der Waals surface area contributed by atoms with Crippen LogP contribution in [0.3, 0.4) is 0 Å². The summed E-state index contributed by atoms with van der Waals surface area (Å²) in [6.07, 6.45) is 7.66. The predicted molar refractivity (Wildman–Crippen MR) is 64.5 cm³/mol. The Balaban J connectivity index is 1.99.